The molecule has 0 saturated carbocycles. The van der Waals surface area contributed by atoms with Gasteiger partial charge in [0, 0.05) is 87.8 Å². The summed E-state index contributed by atoms with van der Waals surface area (Å²) in [6, 6.07) is 55.0. The largest absolute Gasteiger partial charge is 0.509 e. The summed E-state index contributed by atoms with van der Waals surface area (Å²) < 4.78 is 8.93. The van der Waals surface area contributed by atoms with Crippen LogP contribution < -0.4 is 14.5 Å². The van der Waals surface area contributed by atoms with Crippen LogP contribution in [0.2, 0.25) is 0 Å². The van der Waals surface area contributed by atoms with E-state index in [0.29, 0.717) is 11.5 Å². The van der Waals surface area contributed by atoms with E-state index in [9.17, 15) is 0 Å². The van der Waals surface area contributed by atoms with Gasteiger partial charge in [-0.15, -0.1) is 48.1 Å². The first-order valence-corrected chi connectivity index (χ1v) is 21.8. The van der Waals surface area contributed by atoms with Gasteiger partial charge in [-0.1, -0.05) is 142 Å². The Kier molecular flexibility index (Phi) is 12.8. The molecule has 0 amide bonds. The van der Waals surface area contributed by atoms with Crippen LogP contribution in [0.4, 0.5) is 22.7 Å². The van der Waals surface area contributed by atoms with Gasteiger partial charge in [0.1, 0.15) is 5.82 Å². The Labute approximate surface area is 409 Å². The maximum atomic E-state index is 6.69. The van der Waals surface area contributed by atoms with Gasteiger partial charge in [0.05, 0.1) is 0 Å². The van der Waals surface area contributed by atoms with Crippen LogP contribution in [0, 0.1) is 18.8 Å². The maximum Gasteiger partial charge on any atom is 0.135 e. The summed E-state index contributed by atoms with van der Waals surface area (Å²) in [5, 5.41) is 2.26. The monoisotopic (exact) mass is 1200 g/mol. The van der Waals surface area contributed by atoms with Crippen molar-refractivity contribution >= 4 is 44.6 Å². The van der Waals surface area contributed by atoms with E-state index in [1.165, 1.54) is 27.8 Å². The second kappa shape index (κ2) is 17.4. The van der Waals surface area contributed by atoms with Crippen LogP contribution in [-0.2, 0) is 63.8 Å². The van der Waals surface area contributed by atoms with Crippen molar-refractivity contribution in [3.8, 4) is 17.3 Å². The predicted molar refractivity (Wildman–Crippen MR) is 259 cm³/mol. The number of ether oxygens (including phenoxy) is 1. The molecule has 8 aromatic rings. The maximum absolute atomic E-state index is 6.69. The zero-order valence-electron chi connectivity index (χ0n) is 38.7. The number of aromatic nitrogens is 2. The average molecular weight is 1200 g/mol. The van der Waals surface area contributed by atoms with Crippen molar-refractivity contribution in [3.05, 3.63) is 186 Å². The Balaban J connectivity index is 0.00000306. The third-order valence-corrected chi connectivity index (χ3v) is 12.5. The molecule has 0 fully saturated rings. The summed E-state index contributed by atoms with van der Waals surface area (Å²) in [6.45, 7) is 27.2. The Bertz CT molecular complexity index is 2930. The molecule has 0 radical (unpaired) electrons. The minimum Gasteiger partial charge on any atom is -0.509 e. The molecular weight excluding hydrogens is 1150 g/mol. The number of fused-ring (bicyclic) bond motifs is 4. The Hall–Kier alpha value is -4.95. The standard InChI is InChI=1S/C57H57N4O.2Pt/c1-54(2,3)39-24-27-49-48(33-39)47-26-25-46(36-52(47)61(49)53-34-40(28-29-58-53)57(10,11)38-18-13-12-14-19-38)62-45-21-17-20-43(35-45)59-37-60(51-23-16-15-22-50(51)59)44-31-41(55(4,5)6)30-42(32-44)56(7,8)9;;/h12-34,37H,1-11H3;;/q-3;;. The van der Waals surface area contributed by atoms with E-state index >= 15 is 0 Å². The molecule has 0 saturated heterocycles. The molecule has 0 N–H and O–H groups in total. The fourth-order valence-electron chi connectivity index (χ4n) is 8.52. The number of benzene rings is 6. The molecule has 1 aliphatic rings. The van der Waals surface area contributed by atoms with Crippen molar-refractivity contribution < 1.29 is 46.9 Å². The van der Waals surface area contributed by atoms with Crippen LogP contribution in [0.5, 0.6) is 11.5 Å². The zero-order valence-corrected chi connectivity index (χ0v) is 43.2. The number of pyridine rings is 1. The van der Waals surface area contributed by atoms with Crippen molar-refractivity contribution in [2.45, 2.75) is 97.8 Å². The number of hydrogen-bond donors (Lipinski definition) is 0. The van der Waals surface area contributed by atoms with Gasteiger partial charge in [-0.2, -0.15) is 12.1 Å². The molecule has 6 aromatic carbocycles. The first-order chi connectivity index (χ1) is 29.4. The molecule has 7 heteroatoms. The summed E-state index contributed by atoms with van der Waals surface area (Å²) in [5.41, 5.74) is 12.3. The third-order valence-electron chi connectivity index (χ3n) is 12.5. The van der Waals surface area contributed by atoms with Crippen LogP contribution in [0.1, 0.15) is 104 Å². The number of para-hydroxylation sites is 2. The molecule has 0 spiro atoms. The molecule has 0 aliphatic carbocycles. The van der Waals surface area contributed by atoms with Crippen LogP contribution in [0.3, 0.4) is 0 Å². The van der Waals surface area contributed by atoms with Crippen molar-refractivity contribution in [1.29, 1.82) is 0 Å². The fourth-order valence-corrected chi connectivity index (χ4v) is 8.52. The fraction of sp³-hybridized carbons (Fsp3) is 0.263. The van der Waals surface area contributed by atoms with Gasteiger partial charge in [-0.05, 0) is 91.9 Å². The van der Waals surface area contributed by atoms with Crippen LogP contribution in [0.25, 0.3) is 27.6 Å². The molecule has 9 rings (SSSR count). The van der Waals surface area contributed by atoms with Crippen molar-refractivity contribution in [1.82, 2.24) is 9.55 Å². The number of rotatable bonds is 7. The van der Waals surface area contributed by atoms with Crippen molar-refractivity contribution in [2.24, 2.45) is 0 Å². The minimum absolute atomic E-state index is 0. The number of anilines is 4. The van der Waals surface area contributed by atoms with E-state index < -0.39 is 0 Å². The third kappa shape index (κ3) is 8.88. The van der Waals surface area contributed by atoms with Gasteiger partial charge in [0.25, 0.3) is 0 Å². The smallest absolute Gasteiger partial charge is 0.135 e. The second-order valence-corrected chi connectivity index (χ2v) is 20.4. The topological polar surface area (TPSA) is 33.5 Å². The molecule has 0 bridgehead atoms. The summed E-state index contributed by atoms with van der Waals surface area (Å²) >= 11 is 0. The molecule has 0 atom stereocenters. The van der Waals surface area contributed by atoms with Crippen molar-refractivity contribution in [2.75, 3.05) is 9.80 Å². The second-order valence-electron chi connectivity index (χ2n) is 20.4. The van der Waals surface area contributed by atoms with Crippen LogP contribution in [-0.4, -0.2) is 9.55 Å². The molecule has 3 heterocycles. The van der Waals surface area contributed by atoms with Gasteiger partial charge in [0.15, 0.2) is 0 Å². The van der Waals surface area contributed by atoms with Gasteiger partial charge < -0.3 is 19.1 Å². The van der Waals surface area contributed by atoms with E-state index in [2.05, 4.69) is 225 Å². The van der Waals surface area contributed by atoms with E-state index in [-0.39, 0.29) is 63.8 Å². The molecule has 334 valence electrons. The summed E-state index contributed by atoms with van der Waals surface area (Å²) in [6.07, 6.45) is 1.93. The van der Waals surface area contributed by atoms with E-state index in [1.54, 1.807) is 0 Å². The normalized spacial score (nSPS) is 13.2. The first kappa shape index (κ1) is 47.0. The quantitative estimate of drug-likeness (QED) is 0.149. The van der Waals surface area contributed by atoms with Crippen LogP contribution in [0.15, 0.2) is 140 Å². The summed E-state index contributed by atoms with van der Waals surface area (Å²) in [4.78, 5) is 9.50. The molecular formula is C57H57N4OPt2-3. The first-order valence-electron chi connectivity index (χ1n) is 21.8. The predicted octanol–water partition coefficient (Wildman–Crippen LogP) is 15.2. The molecule has 64 heavy (non-hydrogen) atoms. The zero-order chi connectivity index (χ0) is 43.8. The number of hydrogen-bond acceptors (Lipinski definition) is 4. The average Bonchev–Trinajstić information content (AvgIpc) is 3.79. The van der Waals surface area contributed by atoms with Gasteiger partial charge in [0.2, 0.25) is 0 Å². The molecule has 5 nitrogen and oxygen atoms in total. The molecule has 0 unspecified atom stereocenters. The van der Waals surface area contributed by atoms with E-state index in [0.717, 1.165) is 50.4 Å². The Morgan fingerprint density at radius 3 is 1.78 bits per heavy atom. The number of nitrogens with zero attached hydrogens (tertiary/aromatic N) is 4. The summed E-state index contributed by atoms with van der Waals surface area (Å²) in [7, 11) is 0. The summed E-state index contributed by atoms with van der Waals surface area (Å²) in [5.74, 6) is 2.05. The Morgan fingerprint density at radius 1 is 0.500 bits per heavy atom. The van der Waals surface area contributed by atoms with Crippen LogP contribution >= 0.6 is 0 Å². The van der Waals surface area contributed by atoms with Crippen molar-refractivity contribution in [3.63, 3.8) is 0 Å². The Morgan fingerprint density at radius 2 is 1.12 bits per heavy atom. The van der Waals surface area contributed by atoms with E-state index in [4.69, 9.17) is 9.72 Å². The van der Waals surface area contributed by atoms with E-state index in [1.807, 2.05) is 24.4 Å². The van der Waals surface area contributed by atoms with Gasteiger partial charge in [-0.3, -0.25) is 0 Å². The minimum atomic E-state index is -0.230. The molecule has 1 aliphatic heterocycles. The molecule has 2 aromatic heterocycles. The van der Waals surface area contributed by atoms with Gasteiger partial charge in [-0.25, -0.2) is 4.98 Å². The van der Waals surface area contributed by atoms with Gasteiger partial charge >= 0.3 is 0 Å². The SMILES string of the molecule is CC(C)(C)c1cc(N2[CH-]N(c3[c-]c(Oc4[c-]c5c(cc4)c4cc(C(C)(C)C)ccc4n5-c4cc(C(C)(C)c5ccccc5)ccn4)ccc3)c3ccccc32)cc(C(C)(C)C)c1.[Pt].[Pt].